The number of ether oxygens (including phenoxy) is 1. The van der Waals surface area contributed by atoms with Crippen LogP contribution in [0.15, 0.2) is 6.20 Å². The van der Waals surface area contributed by atoms with Crippen molar-refractivity contribution < 1.29 is 4.74 Å². The topological polar surface area (TPSA) is 47.0 Å². The number of hydrogen-bond acceptors (Lipinski definition) is 5. The van der Waals surface area contributed by atoms with Crippen LogP contribution in [0.2, 0.25) is 0 Å². The van der Waals surface area contributed by atoms with Gasteiger partial charge in [-0.05, 0) is 19.8 Å². The molecule has 1 aliphatic rings. The summed E-state index contributed by atoms with van der Waals surface area (Å²) < 4.78 is 13.6. The predicted molar refractivity (Wildman–Crippen MR) is 55.2 cm³/mol. The quantitative estimate of drug-likeness (QED) is 0.819. The standard InChI is InChI=1S/C9H15N3OS/c1-9(3-2-4-13-7-9)10-5-8-6-11-14-12-8/h6,10H,2-5,7H2,1H3. The zero-order chi connectivity index (χ0) is 9.86. The van der Waals surface area contributed by atoms with Crippen molar-refractivity contribution in [3.05, 3.63) is 11.9 Å². The lowest BCUT2D eigenvalue weighted by atomic mass is 9.95. The monoisotopic (exact) mass is 213 g/mol. The van der Waals surface area contributed by atoms with Crippen LogP contribution in [-0.2, 0) is 11.3 Å². The Balaban J connectivity index is 1.84. The van der Waals surface area contributed by atoms with Crippen molar-refractivity contribution in [1.82, 2.24) is 14.1 Å². The first kappa shape index (κ1) is 10.0. The van der Waals surface area contributed by atoms with Crippen LogP contribution in [0.1, 0.15) is 25.5 Å². The Morgan fingerprint density at radius 3 is 3.29 bits per heavy atom. The van der Waals surface area contributed by atoms with Crippen molar-refractivity contribution in [2.45, 2.75) is 31.8 Å². The average Bonchev–Trinajstić information content (AvgIpc) is 2.69. The van der Waals surface area contributed by atoms with Crippen LogP contribution in [0.3, 0.4) is 0 Å². The highest BCUT2D eigenvalue weighted by molar-refractivity contribution is 6.99. The Hall–Kier alpha value is -0.520. The summed E-state index contributed by atoms with van der Waals surface area (Å²) >= 11 is 1.25. The molecule has 1 atom stereocenters. The van der Waals surface area contributed by atoms with Crippen LogP contribution in [0.25, 0.3) is 0 Å². The third kappa shape index (κ3) is 2.50. The van der Waals surface area contributed by atoms with Gasteiger partial charge in [0.25, 0.3) is 0 Å². The second-order valence-electron chi connectivity index (χ2n) is 3.97. The normalized spacial score (nSPS) is 27.8. The molecule has 1 fully saturated rings. The summed E-state index contributed by atoms with van der Waals surface area (Å²) in [6, 6.07) is 0. The molecule has 1 aromatic heterocycles. The first-order valence-corrected chi connectivity index (χ1v) is 5.61. The number of nitrogens with one attached hydrogen (secondary N) is 1. The zero-order valence-corrected chi connectivity index (χ0v) is 9.14. The van der Waals surface area contributed by atoms with Crippen molar-refractivity contribution in [1.29, 1.82) is 0 Å². The van der Waals surface area contributed by atoms with E-state index in [1.165, 1.54) is 18.1 Å². The van der Waals surface area contributed by atoms with E-state index in [0.29, 0.717) is 0 Å². The van der Waals surface area contributed by atoms with Crippen LogP contribution in [0.4, 0.5) is 0 Å². The summed E-state index contributed by atoms with van der Waals surface area (Å²) in [7, 11) is 0. The lowest BCUT2D eigenvalue weighted by Crippen LogP contribution is -2.48. The Morgan fingerprint density at radius 1 is 1.71 bits per heavy atom. The first-order valence-electron chi connectivity index (χ1n) is 4.88. The molecule has 2 rings (SSSR count). The van der Waals surface area contributed by atoms with E-state index in [9.17, 15) is 0 Å². The van der Waals surface area contributed by atoms with Gasteiger partial charge < -0.3 is 10.1 Å². The highest BCUT2D eigenvalue weighted by Crippen LogP contribution is 2.18. The van der Waals surface area contributed by atoms with Crippen molar-refractivity contribution >= 4 is 11.7 Å². The van der Waals surface area contributed by atoms with E-state index in [4.69, 9.17) is 4.74 Å². The molecule has 1 N–H and O–H groups in total. The van der Waals surface area contributed by atoms with E-state index in [1.54, 1.807) is 0 Å². The number of hydrogen-bond donors (Lipinski definition) is 1. The highest BCUT2D eigenvalue weighted by Gasteiger charge is 2.26. The van der Waals surface area contributed by atoms with Crippen LogP contribution in [-0.4, -0.2) is 27.5 Å². The molecule has 0 spiro atoms. The fourth-order valence-corrected chi connectivity index (χ4v) is 2.07. The summed E-state index contributed by atoms with van der Waals surface area (Å²) in [5.74, 6) is 0. The highest BCUT2D eigenvalue weighted by atomic mass is 32.1. The molecule has 4 nitrogen and oxygen atoms in total. The van der Waals surface area contributed by atoms with E-state index in [0.717, 1.165) is 31.9 Å². The molecule has 14 heavy (non-hydrogen) atoms. The molecular formula is C9H15N3OS. The summed E-state index contributed by atoms with van der Waals surface area (Å²) in [5, 5.41) is 3.48. The Morgan fingerprint density at radius 2 is 2.64 bits per heavy atom. The molecule has 0 aliphatic carbocycles. The second-order valence-corrected chi connectivity index (χ2v) is 4.53. The van der Waals surface area contributed by atoms with Crippen molar-refractivity contribution in [2.24, 2.45) is 0 Å². The van der Waals surface area contributed by atoms with E-state index in [2.05, 4.69) is 21.0 Å². The van der Waals surface area contributed by atoms with Gasteiger partial charge in [-0.1, -0.05) is 0 Å². The molecule has 5 heteroatoms. The van der Waals surface area contributed by atoms with E-state index >= 15 is 0 Å². The lowest BCUT2D eigenvalue weighted by Gasteiger charge is -2.34. The number of rotatable bonds is 3. The van der Waals surface area contributed by atoms with Crippen molar-refractivity contribution in [3.8, 4) is 0 Å². The molecule has 0 radical (unpaired) electrons. The third-order valence-electron chi connectivity index (χ3n) is 2.54. The van der Waals surface area contributed by atoms with E-state index in [1.807, 2.05) is 6.20 Å². The summed E-state index contributed by atoms with van der Waals surface area (Å²) in [5.41, 5.74) is 1.13. The molecule has 0 aromatic carbocycles. The largest absolute Gasteiger partial charge is 0.380 e. The summed E-state index contributed by atoms with van der Waals surface area (Å²) in [6.45, 7) is 4.68. The molecule has 1 unspecified atom stereocenters. The minimum absolute atomic E-state index is 0.113. The molecule has 0 bridgehead atoms. The Labute approximate surface area is 88.0 Å². The molecule has 1 aliphatic heterocycles. The minimum Gasteiger partial charge on any atom is -0.380 e. The second kappa shape index (κ2) is 4.33. The van der Waals surface area contributed by atoms with Gasteiger partial charge in [0.2, 0.25) is 0 Å². The molecule has 2 heterocycles. The van der Waals surface area contributed by atoms with Gasteiger partial charge in [-0.3, -0.25) is 0 Å². The maximum Gasteiger partial charge on any atom is 0.0880 e. The fourth-order valence-electron chi connectivity index (χ4n) is 1.64. The van der Waals surface area contributed by atoms with Gasteiger partial charge in [0, 0.05) is 18.7 Å². The van der Waals surface area contributed by atoms with Gasteiger partial charge in [-0.2, -0.15) is 8.75 Å². The van der Waals surface area contributed by atoms with E-state index in [-0.39, 0.29) is 5.54 Å². The van der Waals surface area contributed by atoms with Gasteiger partial charge in [-0.15, -0.1) is 0 Å². The third-order valence-corrected chi connectivity index (χ3v) is 3.06. The number of nitrogens with zero attached hydrogens (tertiary/aromatic N) is 2. The van der Waals surface area contributed by atoms with Gasteiger partial charge in [0.15, 0.2) is 0 Å². The first-order chi connectivity index (χ1) is 6.79. The molecule has 0 saturated carbocycles. The van der Waals surface area contributed by atoms with Gasteiger partial charge in [0.05, 0.1) is 30.2 Å². The fraction of sp³-hybridized carbons (Fsp3) is 0.778. The van der Waals surface area contributed by atoms with Gasteiger partial charge in [-0.25, -0.2) is 0 Å². The Bertz CT molecular complexity index is 270. The van der Waals surface area contributed by atoms with Crippen molar-refractivity contribution in [3.63, 3.8) is 0 Å². The summed E-state index contributed by atoms with van der Waals surface area (Å²) in [6.07, 6.45) is 4.12. The predicted octanol–water partition coefficient (Wildman–Crippen LogP) is 1.20. The molecule has 0 amide bonds. The van der Waals surface area contributed by atoms with Crippen LogP contribution in [0, 0.1) is 0 Å². The average molecular weight is 213 g/mol. The van der Waals surface area contributed by atoms with Crippen LogP contribution in [0.5, 0.6) is 0 Å². The Kier molecular flexibility index (Phi) is 3.10. The maximum atomic E-state index is 5.46. The molecular weight excluding hydrogens is 198 g/mol. The summed E-state index contributed by atoms with van der Waals surface area (Å²) in [4.78, 5) is 0. The minimum atomic E-state index is 0.113. The van der Waals surface area contributed by atoms with E-state index < -0.39 is 0 Å². The van der Waals surface area contributed by atoms with Crippen molar-refractivity contribution in [2.75, 3.05) is 13.2 Å². The smallest absolute Gasteiger partial charge is 0.0880 e. The van der Waals surface area contributed by atoms with Crippen LogP contribution >= 0.6 is 11.7 Å². The number of aromatic nitrogens is 2. The lowest BCUT2D eigenvalue weighted by molar-refractivity contribution is 0.0276. The molecule has 78 valence electrons. The molecule has 1 saturated heterocycles. The maximum absolute atomic E-state index is 5.46. The SMILES string of the molecule is CC1(NCc2cnsn2)CCCOC1. The molecule has 1 aromatic rings. The van der Waals surface area contributed by atoms with Gasteiger partial charge >= 0.3 is 0 Å². The zero-order valence-electron chi connectivity index (χ0n) is 8.32. The van der Waals surface area contributed by atoms with Crippen LogP contribution < -0.4 is 5.32 Å². The van der Waals surface area contributed by atoms with Gasteiger partial charge in [0.1, 0.15) is 0 Å².